The maximum absolute atomic E-state index is 6.04. The van der Waals surface area contributed by atoms with Crippen LogP contribution < -0.4 is 10.1 Å². The van der Waals surface area contributed by atoms with Crippen molar-refractivity contribution in [3.8, 4) is 5.75 Å². The SMILES string of the molecule is CN[C@H]1CCc2cc(OCc3ccccc3)ccc2[C@H]1c1ccccc1.Cl. The molecule has 1 aliphatic carbocycles. The normalized spacial score (nSPS) is 18.3. The van der Waals surface area contributed by atoms with Crippen molar-refractivity contribution in [2.75, 3.05) is 7.05 Å². The van der Waals surface area contributed by atoms with Gasteiger partial charge in [0.25, 0.3) is 0 Å². The number of halogens is 1. The second-order valence-electron chi connectivity index (χ2n) is 6.96. The van der Waals surface area contributed by atoms with E-state index in [0.29, 0.717) is 18.6 Å². The molecule has 3 aromatic carbocycles. The van der Waals surface area contributed by atoms with E-state index in [4.69, 9.17) is 4.74 Å². The average Bonchev–Trinajstić information content (AvgIpc) is 2.72. The Labute approximate surface area is 168 Å². The number of nitrogens with one attached hydrogen (secondary N) is 1. The summed E-state index contributed by atoms with van der Waals surface area (Å²) in [5.41, 5.74) is 5.41. The van der Waals surface area contributed by atoms with Crippen LogP contribution in [0.3, 0.4) is 0 Å². The lowest BCUT2D eigenvalue weighted by Gasteiger charge is -2.34. The second-order valence-corrected chi connectivity index (χ2v) is 6.96. The quantitative estimate of drug-likeness (QED) is 0.644. The van der Waals surface area contributed by atoms with Gasteiger partial charge in [0.1, 0.15) is 12.4 Å². The minimum atomic E-state index is 0. The third kappa shape index (κ3) is 4.35. The van der Waals surface area contributed by atoms with Crippen LogP contribution >= 0.6 is 12.4 Å². The van der Waals surface area contributed by atoms with Crippen LogP contribution in [0.15, 0.2) is 78.9 Å². The zero-order valence-electron chi connectivity index (χ0n) is 15.6. The summed E-state index contributed by atoms with van der Waals surface area (Å²) in [6, 6.07) is 28.2. The molecule has 3 heteroatoms. The van der Waals surface area contributed by atoms with Crippen LogP contribution in [-0.4, -0.2) is 13.1 Å². The number of ether oxygens (including phenoxy) is 1. The highest BCUT2D eigenvalue weighted by atomic mass is 35.5. The van der Waals surface area contributed by atoms with Gasteiger partial charge in [-0.15, -0.1) is 12.4 Å². The number of benzene rings is 3. The minimum Gasteiger partial charge on any atom is -0.489 e. The van der Waals surface area contributed by atoms with Gasteiger partial charge in [-0.05, 0) is 54.3 Å². The lowest BCUT2D eigenvalue weighted by molar-refractivity contribution is 0.305. The Morgan fingerprint density at radius 2 is 1.63 bits per heavy atom. The van der Waals surface area contributed by atoms with E-state index in [-0.39, 0.29) is 12.4 Å². The molecule has 3 aromatic rings. The smallest absolute Gasteiger partial charge is 0.120 e. The summed E-state index contributed by atoms with van der Waals surface area (Å²) in [5.74, 6) is 1.36. The molecule has 0 bridgehead atoms. The predicted octanol–water partition coefficient (Wildman–Crippen LogP) is 5.35. The number of hydrogen-bond donors (Lipinski definition) is 1. The molecule has 0 amide bonds. The van der Waals surface area contributed by atoms with E-state index in [1.54, 1.807) is 0 Å². The molecule has 27 heavy (non-hydrogen) atoms. The zero-order valence-corrected chi connectivity index (χ0v) is 16.4. The Hall–Kier alpha value is -2.29. The highest BCUT2D eigenvalue weighted by molar-refractivity contribution is 5.85. The lowest BCUT2D eigenvalue weighted by atomic mass is 9.75. The summed E-state index contributed by atoms with van der Waals surface area (Å²) in [6.07, 6.45) is 2.23. The molecule has 1 N–H and O–H groups in total. The average molecular weight is 380 g/mol. The first-order valence-electron chi connectivity index (χ1n) is 9.37. The summed E-state index contributed by atoms with van der Waals surface area (Å²) in [7, 11) is 2.07. The Balaban J connectivity index is 0.00000210. The lowest BCUT2D eigenvalue weighted by Crippen LogP contribution is -2.36. The van der Waals surface area contributed by atoms with Crippen LogP contribution in [0.1, 0.15) is 34.6 Å². The van der Waals surface area contributed by atoms with Crippen LogP contribution in [0.25, 0.3) is 0 Å². The van der Waals surface area contributed by atoms with Crippen LogP contribution in [0, 0.1) is 0 Å². The molecule has 2 atom stereocenters. The first kappa shape index (κ1) is 19.5. The standard InChI is InChI=1S/C24H25NO.ClH/c1-25-23-15-12-20-16-21(26-17-18-8-4-2-5-9-18)13-14-22(20)24(23)19-10-6-3-7-11-19;/h2-11,13-14,16,23-25H,12,15,17H2,1H3;1H/t23-,24+;/m0./s1. The van der Waals surface area contributed by atoms with Crippen molar-refractivity contribution in [3.63, 3.8) is 0 Å². The third-order valence-corrected chi connectivity index (χ3v) is 5.35. The molecule has 0 unspecified atom stereocenters. The van der Waals surface area contributed by atoms with Gasteiger partial charge in [-0.1, -0.05) is 66.7 Å². The third-order valence-electron chi connectivity index (χ3n) is 5.35. The zero-order chi connectivity index (χ0) is 17.8. The van der Waals surface area contributed by atoms with E-state index in [1.807, 2.05) is 18.2 Å². The molecule has 0 aliphatic heterocycles. The van der Waals surface area contributed by atoms with Crippen LogP contribution in [0.5, 0.6) is 5.75 Å². The molecule has 0 spiro atoms. The fourth-order valence-corrected chi connectivity index (χ4v) is 4.01. The molecular weight excluding hydrogens is 354 g/mol. The fraction of sp³-hybridized carbons (Fsp3) is 0.250. The maximum atomic E-state index is 6.04. The Kier molecular flexibility index (Phi) is 6.54. The van der Waals surface area contributed by atoms with Crippen molar-refractivity contribution in [1.82, 2.24) is 5.32 Å². The van der Waals surface area contributed by atoms with Crippen molar-refractivity contribution >= 4 is 12.4 Å². The summed E-state index contributed by atoms with van der Waals surface area (Å²) >= 11 is 0. The molecule has 0 saturated carbocycles. The van der Waals surface area contributed by atoms with E-state index < -0.39 is 0 Å². The highest BCUT2D eigenvalue weighted by Gasteiger charge is 2.29. The summed E-state index contributed by atoms with van der Waals surface area (Å²) in [5, 5.41) is 3.52. The van der Waals surface area contributed by atoms with E-state index in [1.165, 1.54) is 22.3 Å². The summed E-state index contributed by atoms with van der Waals surface area (Å²) in [6.45, 7) is 0.612. The number of likely N-dealkylation sites (N-methyl/N-ethyl adjacent to an activating group) is 1. The molecule has 2 nitrogen and oxygen atoms in total. The van der Waals surface area contributed by atoms with Crippen LogP contribution in [-0.2, 0) is 13.0 Å². The van der Waals surface area contributed by atoms with E-state index in [9.17, 15) is 0 Å². The number of fused-ring (bicyclic) bond motifs is 1. The van der Waals surface area contributed by atoms with Crippen molar-refractivity contribution in [2.24, 2.45) is 0 Å². The number of hydrogen-bond acceptors (Lipinski definition) is 2. The molecular formula is C24H26ClNO. The van der Waals surface area contributed by atoms with Gasteiger partial charge in [-0.3, -0.25) is 0 Å². The first-order valence-corrected chi connectivity index (χ1v) is 9.37. The van der Waals surface area contributed by atoms with Gasteiger partial charge in [-0.2, -0.15) is 0 Å². The first-order chi connectivity index (χ1) is 12.8. The van der Waals surface area contributed by atoms with Crippen LogP contribution in [0.4, 0.5) is 0 Å². The largest absolute Gasteiger partial charge is 0.489 e. The van der Waals surface area contributed by atoms with Crippen molar-refractivity contribution in [1.29, 1.82) is 0 Å². The molecule has 0 saturated heterocycles. The molecule has 0 fully saturated rings. The molecule has 0 aromatic heterocycles. The highest BCUT2D eigenvalue weighted by Crippen LogP contribution is 2.38. The Morgan fingerprint density at radius 3 is 2.33 bits per heavy atom. The van der Waals surface area contributed by atoms with Crippen molar-refractivity contribution in [3.05, 3.63) is 101 Å². The van der Waals surface area contributed by atoms with Gasteiger partial charge < -0.3 is 10.1 Å². The van der Waals surface area contributed by atoms with E-state index in [2.05, 4.69) is 73.0 Å². The molecule has 0 heterocycles. The van der Waals surface area contributed by atoms with E-state index in [0.717, 1.165) is 18.6 Å². The predicted molar refractivity (Wildman–Crippen MR) is 114 cm³/mol. The number of rotatable bonds is 5. The maximum Gasteiger partial charge on any atom is 0.120 e. The Morgan fingerprint density at radius 1 is 0.926 bits per heavy atom. The summed E-state index contributed by atoms with van der Waals surface area (Å²) < 4.78 is 6.04. The van der Waals surface area contributed by atoms with Gasteiger partial charge in [0.2, 0.25) is 0 Å². The second kappa shape index (κ2) is 9.07. The number of aryl methyl sites for hydroxylation is 1. The Bertz CT molecular complexity index is 851. The topological polar surface area (TPSA) is 21.3 Å². The molecule has 0 radical (unpaired) electrons. The molecule has 1 aliphatic rings. The van der Waals surface area contributed by atoms with Crippen LogP contribution in [0.2, 0.25) is 0 Å². The van der Waals surface area contributed by atoms with Gasteiger partial charge >= 0.3 is 0 Å². The van der Waals surface area contributed by atoms with Crippen molar-refractivity contribution in [2.45, 2.75) is 31.4 Å². The van der Waals surface area contributed by atoms with Gasteiger partial charge in [0, 0.05) is 12.0 Å². The monoisotopic (exact) mass is 379 g/mol. The summed E-state index contributed by atoms with van der Waals surface area (Å²) in [4.78, 5) is 0. The fourth-order valence-electron chi connectivity index (χ4n) is 4.01. The van der Waals surface area contributed by atoms with Gasteiger partial charge in [-0.25, -0.2) is 0 Å². The molecule has 4 rings (SSSR count). The molecule has 140 valence electrons. The van der Waals surface area contributed by atoms with Crippen molar-refractivity contribution < 1.29 is 4.74 Å². The van der Waals surface area contributed by atoms with Gasteiger partial charge in [0.15, 0.2) is 0 Å². The van der Waals surface area contributed by atoms with Gasteiger partial charge in [0.05, 0.1) is 0 Å². The van der Waals surface area contributed by atoms with E-state index >= 15 is 0 Å². The minimum absolute atomic E-state index is 0.